The molecule has 2 atom stereocenters. The molecule has 1 N–H and O–H groups in total. The van der Waals surface area contributed by atoms with Crippen molar-refractivity contribution in [2.24, 2.45) is 0 Å². The van der Waals surface area contributed by atoms with Crippen LogP contribution in [0.4, 0.5) is 10.3 Å². The normalized spacial score (nSPS) is 21.8. The Kier molecular flexibility index (Phi) is 4.25. The van der Waals surface area contributed by atoms with Crippen molar-refractivity contribution in [3.8, 4) is 0 Å². The molecule has 1 saturated heterocycles. The third-order valence-corrected chi connectivity index (χ3v) is 3.93. The first-order valence-corrected chi connectivity index (χ1v) is 7.55. The summed E-state index contributed by atoms with van der Waals surface area (Å²) in [5, 5.41) is 7.35. The smallest absolute Gasteiger partial charge is 0.303 e. The van der Waals surface area contributed by atoms with Gasteiger partial charge in [0.2, 0.25) is 5.95 Å². The lowest BCUT2D eigenvalue weighted by molar-refractivity contribution is -0.153. The summed E-state index contributed by atoms with van der Waals surface area (Å²) in [6, 6.07) is 1.17. The van der Waals surface area contributed by atoms with Crippen molar-refractivity contribution >= 4 is 33.4 Å². The number of aromatic nitrogens is 3. The molecule has 0 saturated carbocycles. The van der Waals surface area contributed by atoms with E-state index in [0.29, 0.717) is 30.2 Å². The van der Waals surface area contributed by atoms with Gasteiger partial charge >= 0.3 is 5.97 Å². The van der Waals surface area contributed by atoms with Gasteiger partial charge in [0.25, 0.3) is 0 Å². The Balaban J connectivity index is 1.81. The van der Waals surface area contributed by atoms with Crippen LogP contribution in [-0.2, 0) is 14.3 Å². The van der Waals surface area contributed by atoms with Gasteiger partial charge in [-0.05, 0) is 22.4 Å². The van der Waals surface area contributed by atoms with E-state index in [1.54, 1.807) is 0 Å². The number of ether oxygens (including phenoxy) is 2. The highest BCUT2D eigenvalue weighted by Crippen LogP contribution is 2.20. The topological polar surface area (TPSA) is 77.8 Å². The Morgan fingerprint density at radius 2 is 2.45 bits per heavy atom. The van der Waals surface area contributed by atoms with E-state index in [1.165, 1.54) is 23.7 Å². The van der Waals surface area contributed by atoms with Crippen molar-refractivity contribution in [1.29, 1.82) is 0 Å². The molecule has 2 aromatic heterocycles. The lowest BCUT2D eigenvalue weighted by Gasteiger charge is -2.31. The van der Waals surface area contributed by atoms with Crippen LogP contribution in [0.25, 0.3) is 5.52 Å². The molecule has 22 heavy (non-hydrogen) atoms. The van der Waals surface area contributed by atoms with E-state index in [1.807, 2.05) is 0 Å². The maximum absolute atomic E-state index is 13.6. The molecule has 1 fully saturated rings. The fourth-order valence-electron chi connectivity index (χ4n) is 2.35. The van der Waals surface area contributed by atoms with Gasteiger partial charge in [-0.1, -0.05) is 0 Å². The first-order chi connectivity index (χ1) is 10.5. The highest BCUT2D eigenvalue weighted by Gasteiger charge is 2.29. The molecule has 3 heterocycles. The molecule has 2 aromatic rings. The van der Waals surface area contributed by atoms with E-state index in [-0.39, 0.29) is 17.5 Å². The number of nitrogens with one attached hydrogen (secondary N) is 1. The molecule has 3 rings (SSSR count). The summed E-state index contributed by atoms with van der Waals surface area (Å²) in [4.78, 5) is 15.2. The van der Waals surface area contributed by atoms with Gasteiger partial charge in [0.15, 0.2) is 5.82 Å². The first kappa shape index (κ1) is 15.2. The second-order valence-corrected chi connectivity index (χ2v) is 5.77. The molecular formula is C13H14BrFN4O3. The molecule has 1 aliphatic heterocycles. The number of hydrogen-bond donors (Lipinski definition) is 1. The van der Waals surface area contributed by atoms with Gasteiger partial charge in [-0.3, -0.25) is 4.79 Å². The van der Waals surface area contributed by atoms with E-state index in [0.717, 1.165) is 0 Å². The zero-order valence-corrected chi connectivity index (χ0v) is 13.3. The summed E-state index contributed by atoms with van der Waals surface area (Å²) in [6.45, 7) is 2.23. The molecule has 0 radical (unpaired) electrons. The summed E-state index contributed by atoms with van der Waals surface area (Å²) in [7, 11) is 0. The molecule has 7 nitrogen and oxygen atoms in total. The summed E-state index contributed by atoms with van der Waals surface area (Å²) in [5.41, 5.74) is 0.279. The molecule has 0 bridgehead atoms. The molecule has 118 valence electrons. The van der Waals surface area contributed by atoms with E-state index < -0.39 is 11.9 Å². The molecular weight excluding hydrogens is 359 g/mol. The van der Waals surface area contributed by atoms with Crippen LogP contribution in [0.2, 0.25) is 0 Å². The largest absolute Gasteiger partial charge is 0.458 e. The second-order valence-electron chi connectivity index (χ2n) is 4.96. The van der Waals surface area contributed by atoms with Crippen LogP contribution in [0.1, 0.15) is 13.3 Å². The summed E-state index contributed by atoms with van der Waals surface area (Å²) in [6.07, 6.45) is 1.64. The minimum Gasteiger partial charge on any atom is -0.458 e. The number of carbonyl (C=O) groups excluding carboxylic acids is 1. The van der Waals surface area contributed by atoms with Crippen molar-refractivity contribution in [2.45, 2.75) is 25.5 Å². The number of halogens is 2. The number of nitrogens with zero attached hydrogens (tertiary/aromatic N) is 3. The summed E-state index contributed by atoms with van der Waals surface area (Å²) < 4.78 is 26.0. The highest BCUT2D eigenvalue weighted by atomic mass is 79.9. The van der Waals surface area contributed by atoms with Gasteiger partial charge in [-0.15, -0.1) is 5.10 Å². The zero-order chi connectivity index (χ0) is 15.7. The Morgan fingerprint density at radius 3 is 3.23 bits per heavy atom. The standard InChI is InChI=1S/C13H14BrFN4O3/c1-7(20)22-11-6-21-3-2-9(11)17-13-16-5-10-8(15)4-12(14)19(10)18-13/h4-5,9,11H,2-3,6H2,1H3,(H,17,18)/t9-,11-/m1/s1. The number of hydrogen-bond acceptors (Lipinski definition) is 6. The molecule has 9 heteroatoms. The van der Waals surface area contributed by atoms with E-state index in [4.69, 9.17) is 9.47 Å². The number of esters is 1. The zero-order valence-electron chi connectivity index (χ0n) is 11.8. The minimum absolute atomic E-state index is 0.158. The van der Waals surface area contributed by atoms with Gasteiger partial charge in [-0.2, -0.15) is 0 Å². The predicted octanol–water partition coefficient (Wildman–Crippen LogP) is 1.76. The number of carbonyl (C=O) groups is 1. The summed E-state index contributed by atoms with van der Waals surface area (Å²) in [5.74, 6) is -0.441. The van der Waals surface area contributed by atoms with Gasteiger partial charge in [0.05, 0.1) is 18.8 Å². The quantitative estimate of drug-likeness (QED) is 0.827. The monoisotopic (exact) mass is 372 g/mol. The lowest BCUT2D eigenvalue weighted by Crippen LogP contribution is -2.44. The molecule has 1 aliphatic rings. The maximum atomic E-state index is 13.6. The minimum atomic E-state index is -0.407. The Bertz CT molecular complexity index is 708. The number of fused-ring (bicyclic) bond motifs is 1. The summed E-state index contributed by atoms with van der Waals surface area (Å²) >= 11 is 3.24. The fourth-order valence-corrected chi connectivity index (χ4v) is 2.83. The maximum Gasteiger partial charge on any atom is 0.303 e. The first-order valence-electron chi connectivity index (χ1n) is 6.76. The third kappa shape index (κ3) is 3.05. The average Bonchev–Trinajstić information content (AvgIpc) is 2.75. The highest BCUT2D eigenvalue weighted by molar-refractivity contribution is 9.10. The molecule has 0 aliphatic carbocycles. The van der Waals surface area contributed by atoms with Crippen LogP contribution in [0.3, 0.4) is 0 Å². The SMILES string of the molecule is CC(=O)O[C@@H]1COCC[C@H]1Nc1ncc2c(F)cc(Br)n2n1. The third-order valence-electron chi connectivity index (χ3n) is 3.36. The van der Waals surface area contributed by atoms with Crippen molar-refractivity contribution in [3.05, 3.63) is 22.7 Å². The molecule has 0 aromatic carbocycles. The number of rotatable bonds is 3. The Hall–Kier alpha value is -1.74. The van der Waals surface area contributed by atoms with Crippen LogP contribution in [0.15, 0.2) is 16.9 Å². The van der Waals surface area contributed by atoms with Crippen molar-refractivity contribution in [1.82, 2.24) is 14.6 Å². The lowest BCUT2D eigenvalue weighted by atomic mass is 10.1. The Morgan fingerprint density at radius 1 is 1.64 bits per heavy atom. The number of anilines is 1. The fraction of sp³-hybridized carbons (Fsp3) is 0.462. The Labute approximate surface area is 133 Å². The van der Waals surface area contributed by atoms with Crippen molar-refractivity contribution < 1.29 is 18.7 Å². The van der Waals surface area contributed by atoms with Gasteiger partial charge in [0, 0.05) is 19.6 Å². The van der Waals surface area contributed by atoms with Crippen LogP contribution in [0.5, 0.6) is 0 Å². The van der Waals surface area contributed by atoms with E-state index >= 15 is 0 Å². The molecule has 0 amide bonds. The van der Waals surface area contributed by atoms with Crippen LogP contribution in [0, 0.1) is 5.82 Å². The van der Waals surface area contributed by atoms with E-state index in [2.05, 4.69) is 31.3 Å². The second kappa shape index (κ2) is 6.17. The van der Waals surface area contributed by atoms with Gasteiger partial charge in [0.1, 0.15) is 16.2 Å². The van der Waals surface area contributed by atoms with Crippen LogP contribution >= 0.6 is 15.9 Å². The average molecular weight is 373 g/mol. The molecule has 0 spiro atoms. The van der Waals surface area contributed by atoms with Crippen LogP contribution < -0.4 is 5.32 Å². The van der Waals surface area contributed by atoms with E-state index in [9.17, 15) is 9.18 Å². The predicted molar refractivity (Wildman–Crippen MR) is 79.0 cm³/mol. The molecule has 0 unspecified atom stereocenters. The van der Waals surface area contributed by atoms with Gasteiger partial charge < -0.3 is 14.8 Å². The van der Waals surface area contributed by atoms with Gasteiger partial charge in [-0.25, -0.2) is 13.9 Å². The van der Waals surface area contributed by atoms with Crippen molar-refractivity contribution in [3.63, 3.8) is 0 Å². The van der Waals surface area contributed by atoms with Crippen molar-refractivity contribution in [2.75, 3.05) is 18.5 Å². The van der Waals surface area contributed by atoms with Crippen LogP contribution in [-0.4, -0.2) is 45.9 Å².